The zero-order valence-corrected chi connectivity index (χ0v) is 17.4. The average Bonchev–Trinajstić information content (AvgIpc) is 3.07. The highest BCUT2D eigenvalue weighted by molar-refractivity contribution is 5.94. The molecular weight excluding hydrogens is 426 g/mol. The second-order valence-corrected chi connectivity index (χ2v) is 7.80. The predicted octanol–water partition coefficient (Wildman–Crippen LogP) is -4.13. The fraction of sp³-hybridized carbons (Fsp3) is 0.667. The van der Waals surface area contributed by atoms with Gasteiger partial charge in [0, 0.05) is 12.5 Å². The molecule has 0 aromatic heterocycles. The van der Waals surface area contributed by atoms with Crippen molar-refractivity contribution in [3.63, 3.8) is 0 Å². The number of carboxylic acid groups (broad SMARTS) is 1. The monoisotopic (exact) mass is 455 g/mol. The number of hydrogen-bond acceptors (Lipinski definition) is 7. The Bertz CT molecular complexity index is 784. The zero-order valence-electron chi connectivity index (χ0n) is 17.4. The van der Waals surface area contributed by atoms with Crippen molar-refractivity contribution in [3.8, 4) is 0 Å². The molecule has 1 saturated carbocycles. The predicted molar refractivity (Wildman–Crippen MR) is 110 cm³/mol. The number of nitrogens with two attached hydrogens (primary N) is 2. The van der Waals surface area contributed by atoms with E-state index in [1.807, 2.05) is 0 Å². The van der Waals surface area contributed by atoms with Crippen LogP contribution in [-0.4, -0.2) is 83.1 Å². The first-order valence-corrected chi connectivity index (χ1v) is 10.2. The average molecular weight is 455 g/mol. The molecule has 14 heteroatoms. The molecule has 1 saturated heterocycles. The number of hydrogen-bond donors (Lipinski definition) is 8. The van der Waals surface area contributed by atoms with Gasteiger partial charge in [0.25, 0.3) is 0 Å². The van der Waals surface area contributed by atoms with Gasteiger partial charge in [-0.2, -0.15) is 0 Å². The molecule has 4 amide bonds. The standard InChI is InChI=1S/C18H29N7O7/c19-18(20)21-3-1-2-9-16(31)22-7-13(27)23-11(6-14(28)29)17(32)25-10-4-8(5-12(10)26)15(30)24-9/h8-12,26H,1-7H2,(H,22,31)(H,23,27)(H,24,30)(H,25,32)(H,28,29)(H4,19,20,21)/t8-,9+,10+,11+,12+/m1/s1. The first-order chi connectivity index (χ1) is 15.1. The van der Waals surface area contributed by atoms with Crippen molar-refractivity contribution in [3.05, 3.63) is 0 Å². The summed E-state index contributed by atoms with van der Waals surface area (Å²) in [6, 6.07) is -3.19. The number of nitrogens with zero attached hydrogens (tertiary/aromatic N) is 1. The highest BCUT2D eigenvalue weighted by atomic mass is 16.4. The van der Waals surface area contributed by atoms with Crippen molar-refractivity contribution >= 4 is 35.6 Å². The number of carbonyl (C=O) groups excluding carboxylic acids is 4. The van der Waals surface area contributed by atoms with Gasteiger partial charge in [0.2, 0.25) is 23.6 Å². The lowest BCUT2D eigenvalue weighted by atomic mass is 10.0. The zero-order chi connectivity index (χ0) is 23.8. The summed E-state index contributed by atoms with van der Waals surface area (Å²) in [6.07, 6.45) is -1.03. The van der Waals surface area contributed by atoms with Crippen molar-refractivity contribution in [2.24, 2.45) is 22.4 Å². The van der Waals surface area contributed by atoms with Gasteiger partial charge in [-0.25, -0.2) is 0 Å². The molecule has 0 unspecified atom stereocenters. The van der Waals surface area contributed by atoms with Crippen LogP contribution >= 0.6 is 0 Å². The minimum atomic E-state index is -1.41. The minimum absolute atomic E-state index is 0.0507. The van der Waals surface area contributed by atoms with Crippen LogP contribution in [0.25, 0.3) is 0 Å². The smallest absolute Gasteiger partial charge is 0.305 e. The fourth-order valence-electron chi connectivity index (χ4n) is 3.65. The molecule has 1 aliphatic carbocycles. The van der Waals surface area contributed by atoms with E-state index < -0.39 is 72.7 Å². The number of guanidine groups is 1. The molecule has 2 fully saturated rings. The number of carboxylic acids is 1. The third kappa shape index (κ3) is 7.37. The number of aliphatic hydroxyl groups excluding tert-OH is 1. The molecule has 32 heavy (non-hydrogen) atoms. The van der Waals surface area contributed by atoms with Gasteiger partial charge in [-0.1, -0.05) is 0 Å². The Morgan fingerprint density at radius 1 is 1.00 bits per heavy atom. The van der Waals surface area contributed by atoms with Gasteiger partial charge in [0.15, 0.2) is 5.96 Å². The van der Waals surface area contributed by atoms with Crippen molar-refractivity contribution in [2.45, 2.75) is 56.3 Å². The molecule has 0 aromatic carbocycles. The molecule has 0 spiro atoms. The van der Waals surface area contributed by atoms with Gasteiger partial charge in [-0.05, 0) is 25.7 Å². The fourth-order valence-corrected chi connectivity index (χ4v) is 3.65. The summed E-state index contributed by atoms with van der Waals surface area (Å²) >= 11 is 0. The third-order valence-electron chi connectivity index (χ3n) is 5.26. The summed E-state index contributed by atoms with van der Waals surface area (Å²) in [4.78, 5) is 64.9. The summed E-state index contributed by atoms with van der Waals surface area (Å²) < 4.78 is 0. The van der Waals surface area contributed by atoms with E-state index in [2.05, 4.69) is 26.3 Å². The van der Waals surface area contributed by atoms with Gasteiger partial charge in [-0.15, -0.1) is 0 Å². The van der Waals surface area contributed by atoms with E-state index >= 15 is 0 Å². The number of fused-ring (bicyclic) bond motifs is 2. The summed E-state index contributed by atoms with van der Waals surface area (Å²) in [5, 5.41) is 29.1. The molecular formula is C18H29N7O7. The van der Waals surface area contributed by atoms with Gasteiger partial charge in [0.05, 0.1) is 25.1 Å². The van der Waals surface area contributed by atoms with Crippen molar-refractivity contribution in [2.75, 3.05) is 13.1 Å². The van der Waals surface area contributed by atoms with E-state index in [4.69, 9.17) is 16.6 Å². The topological polar surface area (TPSA) is 238 Å². The first kappa shape index (κ1) is 24.8. The van der Waals surface area contributed by atoms with E-state index in [0.29, 0.717) is 6.42 Å². The maximum atomic E-state index is 12.7. The molecule has 2 aliphatic rings. The van der Waals surface area contributed by atoms with E-state index in [0.717, 1.165) is 0 Å². The molecule has 1 heterocycles. The van der Waals surface area contributed by atoms with Crippen LogP contribution in [0.1, 0.15) is 32.1 Å². The molecule has 2 bridgehead atoms. The van der Waals surface area contributed by atoms with Gasteiger partial charge >= 0.3 is 5.97 Å². The molecule has 10 N–H and O–H groups in total. The number of amides is 4. The molecule has 14 nitrogen and oxygen atoms in total. The molecule has 5 atom stereocenters. The Hall–Kier alpha value is -3.42. The Morgan fingerprint density at radius 3 is 2.38 bits per heavy atom. The van der Waals surface area contributed by atoms with Gasteiger partial charge in [0.1, 0.15) is 12.1 Å². The normalized spacial score (nSPS) is 29.1. The van der Waals surface area contributed by atoms with E-state index in [-0.39, 0.29) is 31.8 Å². The quantitative estimate of drug-likeness (QED) is 0.110. The molecule has 1 aliphatic heterocycles. The number of aliphatic imine (C=N–C) groups is 1. The molecule has 178 valence electrons. The number of carbonyl (C=O) groups is 5. The largest absolute Gasteiger partial charge is 0.481 e. The Morgan fingerprint density at radius 2 is 1.72 bits per heavy atom. The van der Waals surface area contributed by atoms with Crippen LogP contribution in [0.3, 0.4) is 0 Å². The second kappa shape index (κ2) is 11.3. The van der Waals surface area contributed by atoms with Crippen molar-refractivity contribution in [1.29, 1.82) is 0 Å². The van der Waals surface area contributed by atoms with Crippen LogP contribution in [-0.2, 0) is 24.0 Å². The SMILES string of the molecule is NC(N)=NCCC[C@@H]1NC(=O)[C@@H]2C[C@H](NC(=O)[C@H](CC(=O)O)NC(=O)CNC1=O)[C@@H](O)C2. The maximum absolute atomic E-state index is 12.7. The van der Waals surface area contributed by atoms with Crippen LogP contribution in [0, 0.1) is 5.92 Å². The number of rotatable bonds is 6. The van der Waals surface area contributed by atoms with E-state index in [1.54, 1.807) is 0 Å². The lowest BCUT2D eigenvalue weighted by Gasteiger charge is -2.23. The van der Waals surface area contributed by atoms with Crippen LogP contribution in [0.15, 0.2) is 4.99 Å². The van der Waals surface area contributed by atoms with Crippen LogP contribution in [0.4, 0.5) is 0 Å². The van der Waals surface area contributed by atoms with Gasteiger partial charge in [-0.3, -0.25) is 29.0 Å². The lowest BCUT2D eigenvalue weighted by Crippen LogP contribution is -2.55. The maximum Gasteiger partial charge on any atom is 0.305 e. The van der Waals surface area contributed by atoms with Crippen molar-refractivity contribution < 1.29 is 34.2 Å². The van der Waals surface area contributed by atoms with E-state index in [1.165, 1.54) is 0 Å². The molecule has 0 aromatic rings. The van der Waals surface area contributed by atoms with Crippen LogP contribution in [0.2, 0.25) is 0 Å². The third-order valence-corrected chi connectivity index (χ3v) is 5.26. The summed E-state index contributed by atoms with van der Waals surface area (Å²) in [6.45, 7) is -0.298. The van der Waals surface area contributed by atoms with Crippen molar-refractivity contribution in [1.82, 2.24) is 21.3 Å². The van der Waals surface area contributed by atoms with Crippen LogP contribution in [0.5, 0.6) is 0 Å². The summed E-state index contributed by atoms with van der Waals surface area (Å²) in [5.74, 6) is -4.79. The lowest BCUT2D eigenvalue weighted by molar-refractivity contribution is -0.141. The summed E-state index contributed by atoms with van der Waals surface area (Å²) in [7, 11) is 0. The Labute approximate surface area is 183 Å². The summed E-state index contributed by atoms with van der Waals surface area (Å²) in [5.41, 5.74) is 10.5. The van der Waals surface area contributed by atoms with E-state index in [9.17, 15) is 29.1 Å². The highest BCUT2D eigenvalue weighted by Crippen LogP contribution is 2.27. The first-order valence-electron chi connectivity index (χ1n) is 10.2. The van der Waals surface area contributed by atoms with Crippen LogP contribution < -0.4 is 32.7 Å². The number of aliphatic carboxylic acids is 1. The number of nitrogens with one attached hydrogen (secondary N) is 4. The molecule has 2 rings (SSSR count). The molecule has 0 radical (unpaired) electrons. The second-order valence-electron chi connectivity index (χ2n) is 7.80. The Kier molecular flexibility index (Phi) is 8.75. The highest BCUT2D eigenvalue weighted by Gasteiger charge is 2.40. The minimum Gasteiger partial charge on any atom is -0.481 e. The Balaban J connectivity index is 2.19. The number of aliphatic hydroxyl groups is 1. The van der Waals surface area contributed by atoms with Gasteiger partial charge < -0.3 is 42.9 Å².